The predicted octanol–water partition coefficient (Wildman–Crippen LogP) is 6.07. The van der Waals surface area contributed by atoms with Crippen molar-refractivity contribution in [1.29, 1.82) is 0 Å². The Kier molecular flexibility index (Phi) is 4.88. The van der Waals surface area contributed by atoms with Crippen molar-refractivity contribution in [2.24, 2.45) is 0 Å². The molecule has 6 nitrogen and oxygen atoms in total. The summed E-state index contributed by atoms with van der Waals surface area (Å²) in [6, 6.07) is 18.7. The molecule has 0 spiro atoms. The van der Waals surface area contributed by atoms with Gasteiger partial charge in [-0.15, -0.1) is 0 Å². The molecule has 1 amide bonds. The van der Waals surface area contributed by atoms with E-state index in [9.17, 15) is 4.79 Å². The number of carbonyl (C=O) groups is 1. The molecule has 0 bridgehead atoms. The van der Waals surface area contributed by atoms with E-state index in [4.69, 9.17) is 9.15 Å². The van der Waals surface area contributed by atoms with Crippen LogP contribution in [-0.2, 0) is 0 Å². The third-order valence-corrected chi connectivity index (χ3v) is 5.73. The van der Waals surface area contributed by atoms with Crippen molar-refractivity contribution < 1.29 is 13.9 Å². The lowest BCUT2D eigenvalue weighted by Gasteiger charge is -2.13. The highest BCUT2D eigenvalue weighted by Gasteiger charge is 2.19. The van der Waals surface area contributed by atoms with Gasteiger partial charge in [-0.25, -0.2) is 4.98 Å². The first-order valence-corrected chi connectivity index (χ1v) is 10.3. The van der Waals surface area contributed by atoms with Gasteiger partial charge < -0.3 is 14.5 Å². The Morgan fingerprint density at radius 2 is 1.97 bits per heavy atom. The maximum atomic E-state index is 13.1. The summed E-state index contributed by atoms with van der Waals surface area (Å²) in [4.78, 5) is 21.7. The number of fused-ring (bicyclic) bond motifs is 2. The molecule has 1 N–H and O–H groups in total. The number of aromatic nitrogens is 2. The van der Waals surface area contributed by atoms with Gasteiger partial charge in [0.05, 0.1) is 22.7 Å². The molecule has 5 aromatic rings. The van der Waals surface area contributed by atoms with Crippen LogP contribution in [0.15, 0.2) is 81.9 Å². The van der Waals surface area contributed by atoms with Crippen LogP contribution in [0.3, 0.4) is 0 Å². The topological polar surface area (TPSA) is 77.2 Å². The molecule has 0 aliphatic carbocycles. The molecule has 31 heavy (non-hydrogen) atoms. The van der Waals surface area contributed by atoms with Gasteiger partial charge in [-0.05, 0) is 63.1 Å². The standard InChI is InChI=1S/C24H16BrN3O3/c1-30-22-18(11-14-5-2-3-7-17(14)21(22)25)23(29)27-16-8-9-20-19(12-16)28-24(31-20)15-6-4-10-26-13-15/h2-13H,1H3,(H,27,29). The number of halogens is 1. The van der Waals surface area contributed by atoms with E-state index >= 15 is 0 Å². The van der Waals surface area contributed by atoms with E-state index in [2.05, 4.69) is 31.2 Å². The third-order valence-electron chi connectivity index (χ3n) is 4.94. The second kappa shape index (κ2) is 7.85. The molecule has 0 saturated carbocycles. The molecule has 3 aromatic carbocycles. The highest BCUT2D eigenvalue weighted by molar-refractivity contribution is 9.10. The lowest BCUT2D eigenvalue weighted by atomic mass is 10.1. The maximum absolute atomic E-state index is 13.1. The van der Waals surface area contributed by atoms with E-state index < -0.39 is 0 Å². The van der Waals surface area contributed by atoms with Crippen LogP contribution >= 0.6 is 15.9 Å². The molecule has 152 valence electrons. The largest absolute Gasteiger partial charge is 0.495 e. The van der Waals surface area contributed by atoms with E-state index in [-0.39, 0.29) is 5.91 Å². The van der Waals surface area contributed by atoms with Gasteiger partial charge in [0.25, 0.3) is 5.91 Å². The summed E-state index contributed by atoms with van der Waals surface area (Å²) < 4.78 is 12.1. The number of anilines is 1. The SMILES string of the molecule is COc1c(C(=O)Nc2ccc3oc(-c4cccnc4)nc3c2)cc2ccccc2c1Br. The van der Waals surface area contributed by atoms with Gasteiger partial charge in [0.1, 0.15) is 11.3 Å². The number of benzene rings is 3. The number of amides is 1. The molecular weight excluding hydrogens is 458 g/mol. The number of pyridine rings is 1. The Balaban J connectivity index is 1.49. The highest BCUT2D eigenvalue weighted by atomic mass is 79.9. The maximum Gasteiger partial charge on any atom is 0.259 e. The number of hydrogen-bond acceptors (Lipinski definition) is 5. The fraction of sp³-hybridized carbons (Fsp3) is 0.0417. The van der Waals surface area contributed by atoms with Gasteiger partial charge in [0.15, 0.2) is 5.58 Å². The molecule has 2 aromatic heterocycles. The third kappa shape index (κ3) is 3.53. The van der Waals surface area contributed by atoms with Crippen LogP contribution in [-0.4, -0.2) is 23.0 Å². The van der Waals surface area contributed by atoms with Crippen molar-refractivity contribution in [3.63, 3.8) is 0 Å². The average molecular weight is 474 g/mol. The van der Waals surface area contributed by atoms with Crippen LogP contribution in [0.4, 0.5) is 5.69 Å². The fourth-order valence-electron chi connectivity index (χ4n) is 3.47. The van der Waals surface area contributed by atoms with Crippen LogP contribution in [0.2, 0.25) is 0 Å². The number of methoxy groups -OCH3 is 1. The number of nitrogens with one attached hydrogen (secondary N) is 1. The Hall–Kier alpha value is -3.71. The van der Waals surface area contributed by atoms with Gasteiger partial charge in [-0.1, -0.05) is 24.3 Å². The number of ether oxygens (including phenoxy) is 1. The minimum atomic E-state index is -0.279. The lowest BCUT2D eigenvalue weighted by molar-refractivity contribution is 0.102. The number of rotatable bonds is 4. The molecule has 0 fully saturated rings. The summed E-state index contributed by atoms with van der Waals surface area (Å²) in [5.41, 5.74) is 3.10. The van der Waals surface area contributed by atoms with Crippen molar-refractivity contribution in [2.45, 2.75) is 0 Å². The minimum Gasteiger partial charge on any atom is -0.495 e. The number of carbonyl (C=O) groups excluding carboxylic acids is 1. The smallest absolute Gasteiger partial charge is 0.259 e. The Bertz CT molecular complexity index is 1430. The number of hydrogen-bond donors (Lipinski definition) is 1. The zero-order chi connectivity index (χ0) is 21.4. The summed E-state index contributed by atoms with van der Waals surface area (Å²) in [6.45, 7) is 0. The monoisotopic (exact) mass is 473 g/mol. The lowest BCUT2D eigenvalue weighted by Crippen LogP contribution is -2.13. The van der Waals surface area contributed by atoms with E-state index in [0.717, 1.165) is 20.8 Å². The van der Waals surface area contributed by atoms with Gasteiger partial charge in [0, 0.05) is 18.1 Å². The van der Waals surface area contributed by atoms with E-state index in [0.29, 0.717) is 34.0 Å². The first-order chi connectivity index (χ1) is 15.1. The molecule has 0 aliphatic rings. The van der Waals surface area contributed by atoms with Crippen molar-refractivity contribution in [2.75, 3.05) is 12.4 Å². The van der Waals surface area contributed by atoms with Gasteiger partial charge in [-0.3, -0.25) is 9.78 Å². The summed E-state index contributed by atoms with van der Waals surface area (Å²) in [6.07, 6.45) is 3.39. The van der Waals surface area contributed by atoms with Crippen LogP contribution in [0.1, 0.15) is 10.4 Å². The second-order valence-electron chi connectivity index (χ2n) is 6.89. The summed E-state index contributed by atoms with van der Waals surface area (Å²) in [5.74, 6) is 0.683. The van der Waals surface area contributed by atoms with Crippen molar-refractivity contribution in [1.82, 2.24) is 9.97 Å². The van der Waals surface area contributed by atoms with Gasteiger partial charge in [-0.2, -0.15) is 0 Å². The highest BCUT2D eigenvalue weighted by Crippen LogP contribution is 2.37. The Morgan fingerprint density at radius 3 is 2.77 bits per heavy atom. The van der Waals surface area contributed by atoms with Crippen molar-refractivity contribution in [3.05, 3.63) is 83.1 Å². The van der Waals surface area contributed by atoms with E-state index in [1.807, 2.05) is 42.5 Å². The quantitative estimate of drug-likeness (QED) is 0.342. The molecular formula is C24H16BrN3O3. The Labute approximate surface area is 186 Å². The Morgan fingerprint density at radius 1 is 1.10 bits per heavy atom. The van der Waals surface area contributed by atoms with Crippen molar-refractivity contribution >= 4 is 49.4 Å². The summed E-state index contributed by atoms with van der Waals surface area (Å²) >= 11 is 3.57. The first kappa shape index (κ1) is 19.3. The molecule has 7 heteroatoms. The van der Waals surface area contributed by atoms with Crippen LogP contribution in [0.5, 0.6) is 5.75 Å². The molecule has 2 heterocycles. The molecule has 0 radical (unpaired) electrons. The summed E-state index contributed by atoms with van der Waals surface area (Å²) in [5, 5.41) is 4.85. The van der Waals surface area contributed by atoms with Crippen LogP contribution in [0.25, 0.3) is 33.3 Å². The van der Waals surface area contributed by atoms with E-state index in [1.54, 1.807) is 37.7 Å². The molecule has 0 aliphatic heterocycles. The van der Waals surface area contributed by atoms with Crippen LogP contribution < -0.4 is 10.1 Å². The normalized spacial score (nSPS) is 11.0. The van der Waals surface area contributed by atoms with Gasteiger partial charge in [0.2, 0.25) is 5.89 Å². The van der Waals surface area contributed by atoms with Gasteiger partial charge >= 0.3 is 0 Å². The molecule has 0 atom stereocenters. The predicted molar refractivity (Wildman–Crippen MR) is 123 cm³/mol. The van der Waals surface area contributed by atoms with Crippen molar-refractivity contribution in [3.8, 4) is 17.2 Å². The number of nitrogens with zero attached hydrogens (tertiary/aromatic N) is 2. The minimum absolute atomic E-state index is 0.279. The fourth-order valence-corrected chi connectivity index (χ4v) is 4.21. The van der Waals surface area contributed by atoms with Crippen LogP contribution in [0, 0.1) is 0 Å². The zero-order valence-electron chi connectivity index (χ0n) is 16.4. The zero-order valence-corrected chi connectivity index (χ0v) is 18.0. The summed E-state index contributed by atoms with van der Waals surface area (Å²) in [7, 11) is 1.55. The molecule has 0 unspecified atom stereocenters. The number of oxazole rings is 1. The second-order valence-corrected chi connectivity index (χ2v) is 7.68. The molecule has 5 rings (SSSR count). The first-order valence-electron chi connectivity index (χ1n) is 9.51. The average Bonchev–Trinajstić information content (AvgIpc) is 3.23. The van der Waals surface area contributed by atoms with E-state index in [1.165, 1.54) is 0 Å². The molecule has 0 saturated heterocycles.